The Morgan fingerprint density at radius 2 is 1.08 bits per heavy atom. The second-order valence-corrected chi connectivity index (χ2v) is 6.17. The number of hydrogen-bond acceptors (Lipinski definition) is 7. The van der Waals surface area contributed by atoms with Gasteiger partial charge in [0, 0.05) is 0 Å². The third-order valence-corrected chi connectivity index (χ3v) is 4.65. The zero-order chi connectivity index (χ0) is 18.8. The van der Waals surface area contributed by atoms with E-state index in [4.69, 9.17) is 11.6 Å². The van der Waals surface area contributed by atoms with Gasteiger partial charge in [0.25, 0.3) is 0 Å². The maximum absolute atomic E-state index is 6.13. The van der Waals surface area contributed by atoms with Crippen molar-refractivity contribution < 1.29 is 0 Å². The molecule has 144 valence electrons. The van der Waals surface area contributed by atoms with E-state index >= 15 is 0 Å². The van der Waals surface area contributed by atoms with E-state index in [1.54, 1.807) is 0 Å². The third-order valence-electron chi connectivity index (χ3n) is 4.48. The fourth-order valence-corrected chi connectivity index (χ4v) is 3.17. The second-order valence-electron chi connectivity index (χ2n) is 5.83. The van der Waals surface area contributed by atoms with Crippen LogP contribution in [0.5, 0.6) is 0 Å². The molecule has 8 heteroatoms. The van der Waals surface area contributed by atoms with Crippen LogP contribution in [0.2, 0.25) is 5.28 Å². The van der Waals surface area contributed by atoms with E-state index in [1.807, 2.05) is 0 Å². The number of nitrogens with one attached hydrogen (secondary N) is 2. The van der Waals surface area contributed by atoms with Crippen molar-refractivity contribution in [1.82, 2.24) is 24.8 Å². The van der Waals surface area contributed by atoms with E-state index in [0.717, 1.165) is 39.0 Å². The Hall–Kier alpha value is -1.18. The molecule has 7 nitrogen and oxygen atoms in total. The molecule has 0 aromatic carbocycles. The largest absolute Gasteiger partial charge is 0.339 e. The zero-order valence-corrected chi connectivity index (χ0v) is 17.3. The fourth-order valence-electron chi connectivity index (χ4n) is 3.01. The van der Waals surface area contributed by atoms with Gasteiger partial charge >= 0.3 is 0 Å². The predicted octanol–water partition coefficient (Wildman–Crippen LogP) is 3.50. The molecule has 25 heavy (non-hydrogen) atoms. The minimum absolute atomic E-state index is 0.172. The van der Waals surface area contributed by atoms with Gasteiger partial charge in [-0.1, -0.05) is 41.5 Å². The van der Waals surface area contributed by atoms with Crippen LogP contribution in [0.3, 0.4) is 0 Å². The second kappa shape index (κ2) is 11.4. The van der Waals surface area contributed by atoms with Gasteiger partial charge in [-0.2, -0.15) is 15.0 Å². The lowest BCUT2D eigenvalue weighted by Crippen LogP contribution is -2.41. The van der Waals surface area contributed by atoms with Crippen molar-refractivity contribution in [3.63, 3.8) is 0 Å². The molecule has 0 bridgehead atoms. The molecule has 0 saturated carbocycles. The highest BCUT2D eigenvalue weighted by atomic mass is 35.5. The van der Waals surface area contributed by atoms with Crippen LogP contribution in [0.25, 0.3) is 0 Å². The highest BCUT2D eigenvalue weighted by Gasteiger charge is 2.18. The fraction of sp³-hybridized carbons (Fsp3) is 0.824. The van der Waals surface area contributed by atoms with E-state index in [1.165, 1.54) is 0 Å². The Morgan fingerprint density at radius 3 is 1.36 bits per heavy atom. The summed E-state index contributed by atoms with van der Waals surface area (Å²) in [4.78, 5) is 17.7. The van der Waals surface area contributed by atoms with E-state index in [9.17, 15) is 0 Å². The van der Waals surface area contributed by atoms with Crippen LogP contribution in [0.1, 0.15) is 54.4 Å². The van der Waals surface area contributed by atoms with Crippen molar-refractivity contribution in [3.05, 3.63) is 5.28 Å². The summed E-state index contributed by atoms with van der Waals surface area (Å²) in [6.07, 6.45) is 2.24. The molecular formula is C17H34ClN7. The molecule has 2 unspecified atom stereocenters. The van der Waals surface area contributed by atoms with Crippen LogP contribution in [0.4, 0.5) is 11.9 Å². The van der Waals surface area contributed by atoms with Gasteiger partial charge in [0.15, 0.2) is 0 Å². The normalized spacial score (nSPS) is 14.0. The first-order valence-electron chi connectivity index (χ1n) is 9.45. The lowest BCUT2D eigenvalue weighted by Gasteiger charge is -2.30. The molecular weight excluding hydrogens is 338 g/mol. The molecule has 1 aromatic rings. The van der Waals surface area contributed by atoms with Gasteiger partial charge in [0.1, 0.15) is 0 Å². The zero-order valence-electron chi connectivity index (χ0n) is 16.5. The van der Waals surface area contributed by atoms with Crippen molar-refractivity contribution in [1.29, 1.82) is 0 Å². The topological polar surface area (TPSA) is 69.2 Å². The smallest absolute Gasteiger partial charge is 0.230 e. The summed E-state index contributed by atoms with van der Waals surface area (Å²) in [5, 5.41) is 6.97. The molecule has 2 atom stereocenters. The van der Waals surface area contributed by atoms with Gasteiger partial charge in [0.05, 0.1) is 12.3 Å². The van der Waals surface area contributed by atoms with E-state index in [-0.39, 0.29) is 17.6 Å². The number of anilines is 2. The quantitative estimate of drug-likeness (QED) is 0.545. The van der Waals surface area contributed by atoms with Gasteiger partial charge in [-0.25, -0.2) is 0 Å². The third kappa shape index (κ3) is 6.56. The summed E-state index contributed by atoms with van der Waals surface area (Å²) < 4.78 is 0. The maximum Gasteiger partial charge on any atom is 0.230 e. The SMILES string of the molecule is CCC(Nc1nc(Cl)nc(NC(CC)N(CC)CC)n1)N(CC)CC. The minimum atomic E-state index is 0.172. The Morgan fingerprint density at radius 1 is 0.720 bits per heavy atom. The van der Waals surface area contributed by atoms with Crippen LogP contribution in [-0.2, 0) is 0 Å². The number of nitrogens with zero attached hydrogens (tertiary/aromatic N) is 5. The van der Waals surface area contributed by atoms with Crippen molar-refractivity contribution >= 4 is 23.5 Å². The molecule has 1 aromatic heterocycles. The number of hydrogen-bond donors (Lipinski definition) is 2. The first-order chi connectivity index (χ1) is 12.0. The molecule has 0 aliphatic rings. The molecule has 0 aliphatic carbocycles. The van der Waals surface area contributed by atoms with Crippen LogP contribution >= 0.6 is 11.6 Å². The van der Waals surface area contributed by atoms with Gasteiger partial charge in [0.2, 0.25) is 17.2 Å². The molecule has 0 radical (unpaired) electrons. The maximum atomic E-state index is 6.13. The van der Waals surface area contributed by atoms with Gasteiger partial charge in [-0.3, -0.25) is 9.80 Å². The van der Waals surface area contributed by atoms with Gasteiger partial charge < -0.3 is 10.6 Å². The summed E-state index contributed by atoms with van der Waals surface area (Å²) >= 11 is 6.13. The Labute approximate surface area is 157 Å². The van der Waals surface area contributed by atoms with Crippen molar-refractivity contribution in [2.24, 2.45) is 0 Å². The monoisotopic (exact) mass is 371 g/mol. The van der Waals surface area contributed by atoms with Crippen molar-refractivity contribution in [3.8, 4) is 0 Å². The molecule has 0 amide bonds. The summed E-state index contributed by atoms with van der Waals surface area (Å²) in [5.41, 5.74) is 0. The minimum Gasteiger partial charge on any atom is -0.339 e. The number of halogens is 1. The summed E-state index contributed by atoms with van der Waals surface area (Å²) in [7, 11) is 0. The highest BCUT2D eigenvalue weighted by molar-refractivity contribution is 6.28. The Balaban J connectivity index is 2.94. The van der Waals surface area contributed by atoms with Gasteiger partial charge in [-0.05, 0) is 50.6 Å². The molecule has 0 spiro atoms. The summed E-state index contributed by atoms with van der Waals surface area (Å²) in [6, 6.07) is 0. The standard InChI is InChI=1S/C17H34ClN7/c1-7-13(24(9-3)10-4)19-16-21-15(18)22-17(23-16)20-14(8-2)25(11-5)12-6/h13-14H,7-12H2,1-6H3,(H2,19,20,21,22,23). The first kappa shape index (κ1) is 21.9. The van der Waals surface area contributed by atoms with E-state index < -0.39 is 0 Å². The van der Waals surface area contributed by atoms with Crippen molar-refractivity contribution in [2.75, 3.05) is 36.8 Å². The average molecular weight is 372 g/mol. The summed E-state index contributed by atoms with van der Waals surface area (Å²) in [6.45, 7) is 16.7. The lowest BCUT2D eigenvalue weighted by atomic mass is 10.3. The van der Waals surface area contributed by atoms with Crippen molar-refractivity contribution in [2.45, 2.75) is 66.7 Å². The molecule has 1 rings (SSSR count). The molecule has 2 N–H and O–H groups in total. The predicted molar refractivity (Wildman–Crippen MR) is 106 cm³/mol. The van der Waals surface area contributed by atoms with Crippen LogP contribution in [-0.4, -0.2) is 63.3 Å². The number of rotatable bonds is 12. The lowest BCUT2D eigenvalue weighted by molar-refractivity contribution is 0.231. The van der Waals surface area contributed by atoms with Crippen LogP contribution < -0.4 is 10.6 Å². The highest BCUT2D eigenvalue weighted by Crippen LogP contribution is 2.15. The number of aromatic nitrogens is 3. The van der Waals surface area contributed by atoms with Gasteiger partial charge in [-0.15, -0.1) is 0 Å². The Kier molecular flexibility index (Phi) is 10.0. The molecule has 0 aliphatic heterocycles. The van der Waals surface area contributed by atoms with E-state index in [2.05, 4.69) is 76.9 Å². The van der Waals surface area contributed by atoms with E-state index in [0.29, 0.717) is 11.9 Å². The molecule has 0 fully saturated rings. The molecule has 0 saturated heterocycles. The Bertz CT molecular complexity index is 452. The summed E-state index contributed by atoms with van der Waals surface area (Å²) in [5.74, 6) is 1.02. The first-order valence-corrected chi connectivity index (χ1v) is 9.83. The van der Waals surface area contributed by atoms with Crippen LogP contribution in [0, 0.1) is 0 Å². The van der Waals surface area contributed by atoms with Crippen LogP contribution in [0.15, 0.2) is 0 Å². The average Bonchev–Trinajstić information content (AvgIpc) is 2.61. The molecule has 1 heterocycles.